The van der Waals surface area contributed by atoms with Crippen molar-refractivity contribution in [3.63, 3.8) is 0 Å². The first-order chi connectivity index (χ1) is 8.98. The minimum atomic E-state index is -0.303. The average Bonchev–Trinajstić information content (AvgIpc) is 2.34. The van der Waals surface area contributed by atoms with Crippen molar-refractivity contribution in [1.29, 1.82) is 0 Å². The second kappa shape index (κ2) is 5.67. The van der Waals surface area contributed by atoms with Crippen molar-refractivity contribution in [3.8, 4) is 0 Å². The second-order valence-electron chi connectivity index (χ2n) is 5.19. The summed E-state index contributed by atoms with van der Waals surface area (Å²) >= 11 is 0. The summed E-state index contributed by atoms with van der Waals surface area (Å²) in [6.45, 7) is 5.34. The maximum absolute atomic E-state index is 13.1. The van der Waals surface area contributed by atoms with Crippen molar-refractivity contribution in [2.24, 2.45) is 0 Å². The zero-order valence-corrected chi connectivity index (χ0v) is 11.2. The average molecular weight is 266 g/mol. The molecule has 0 aliphatic carbocycles. The van der Waals surface area contributed by atoms with Gasteiger partial charge in [-0.3, -0.25) is 4.79 Å². The van der Waals surface area contributed by atoms with Crippen LogP contribution in [0.5, 0.6) is 0 Å². The van der Waals surface area contributed by atoms with Crippen LogP contribution in [0, 0.1) is 5.82 Å². The number of nitrogens with one attached hydrogen (secondary N) is 2. The van der Waals surface area contributed by atoms with Gasteiger partial charge in [-0.05, 0) is 31.5 Å². The third kappa shape index (κ3) is 3.75. The number of hydrogen-bond acceptors (Lipinski definition) is 3. The minimum Gasteiger partial charge on any atom is -0.363 e. The summed E-state index contributed by atoms with van der Waals surface area (Å²) in [6, 6.07) is 5.98. The fourth-order valence-electron chi connectivity index (χ4n) is 1.96. The Labute approximate surface area is 112 Å². The van der Waals surface area contributed by atoms with E-state index in [9.17, 15) is 9.18 Å². The number of carbonyl (C=O) groups excluding carboxylic acids is 1. The van der Waals surface area contributed by atoms with Crippen LogP contribution in [0.3, 0.4) is 0 Å². The zero-order valence-electron chi connectivity index (χ0n) is 11.2. The van der Waals surface area contributed by atoms with E-state index in [-0.39, 0.29) is 30.0 Å². The highest BCUT2D eigenvalue weighted by atomic mass is 19.1. The predicted octanol–water partition coefficient (Wildman–Crippen LogP) is 1.38. The van der Waals surface area contributed by atoms with Crippen LogP contribution in [0.2, 0.25) is 0 Å². The number of benzene rings is 1. The van der Waals surface area contributed by atoms with E-state index < -0.39 is 0 Å². The molecule has 1 heterocycles. The van der Waals surface area contributed by atoms with E-state index in [1.165, 1.54) is 12.1 Å². The number of rotatable bonds is 5. The maximum Gasteiger partial charge on any atom is 0.246 e. The van der Waals surface area contributed by atoms with Gasteiger partial charge in [0.05, 0.1) is 11.6 Å². The second-order valence-corrected chi connectivity index (χ2v) is 5.19. The van der Waals surface area contributed by atoms with Gasteiger partial charge in [0.1, 0.15) is 12.4 Å². The molecule has 1 amide bonds. The molecule has 1 aromatic rings. The van der Waals surface area contributed by atoms with Gasteiger partial charge in [0.2, 0.25) is 5.91 Å². The first kappa shape index (κ1) is 14.0. The van der Waals surface area contributed by atoms with E-state index in [1.54, 1.807) is 12.1 Å². The molecule has 0 aromatic heterocycles. The molecule has 1 atom stereocenters. The van der Waals surface area contributed by atoms with Gasteiger partial charge in [-0.15, -0.1) is 0 Å². The molecule has 0 bridgehead atoms. The lowest BCUT2D eigenvalue weighted by Crippen LogP contribution is -2.59. The molecule has 5 heteroatoms. The molecule has 1 aromatic carbocycles. The highest BCUT2D eigenvalue weighted by Gasteiger charge is 2.33. The first-order valence-electron chi connectivity index (χ1n) is 6.38. The van der Waals surface area contributed by atoms with Crippen LogP contribution in [-0.4, -0.2) is 31.2 Å². The molecule has 2 N–H and O–H groups in total. The van der Waals surface area contributed by atoms with Gasteiger partial charge in [0, 0.05) is 13.1 Å². The van der Waals surface area contributed by atoms with Gasteiger partial charge in [-0.25, -0.2) is 4.39 Å². The lowest BCUT2D eigenvalue weighted by atomic mass is 10.0. The molecule has 0 saturated carbocycles. The highest BCUT2D eigenvalue weighted by molar-refractivity contribution is 5.77. The molecule has 2 rings (SSSR count). The zero-order chi connectivity index (χ0) is 13.9. The smallest absolute Gasteiger partial charge is 0.246 e. The van der Waals surface area contributed by atoms with Gasteiger partial charge in [0.15, 0.2) is 0 Å². The van der Waals surface area contributed by atoms with E-state index in [1.807, 2.05) is 13.8 Å². The Morgan fingerprint density at radius 2 is 2.32 bits per heavy atom. The van der Waals surface area contributed by atoms with Gasteiger partial charge >= 0.3 is 0 Å². The summed E-state index contributed by atoms with van der Waals surface area (Å²) in [7, 11) is 0. The Morgan fingerprint density at radius 1 is 1.58 bits per heavy atom. The molecule has 0 spiro atoms. The number of hydrogen-bond donors (Lipinski definition) is 2. The van der Waals surface area contributed by atoms with Gasteiger partial charge < -0.3 is 15.4 Å². The summed E-state index contributed by atoms with van der Waals surface area (Å²) in [5.74, 6) is -0.493. The van der Waals surface area contributed by atoms with Gasteiger partial charge in [-0.1, -0.05) is 12.1 Å². The van der Waals surface area contributed by atoms with Gasteiger partial charge in [0.25, 0.3) is 0 Å². The number of carbonyl (C=O) groups is 1. The Hall–Kier alpha value is -1.46. The van der Waals surface area contributed by atoms with Crippen LogP contribution < -0.4 is 10.6 Å². The van der Waals surface area contributed by atoms with Crippen molar-refractivity contribution in [2.75, 3.05) is 19.7 Å². The van der Waals surface area contributed by atoms with Crippen molar-refractivity contribution in [1.82, 2.24) is 10.6 Å². The van der Waals surface area contributed by atoms with Crippen molar-refractivity contribution in [3.05, 3.63) is 35.6 Å². The Bertz CT molecular complexity index is 461. The van der Waals surface area contributed by atoms with Crippen LogP contribution in [0.15, 0.2) is 24.3 Å². The molecular weight excluding hydrogens is 247 g/mol. The molecule has 0 unspecified atom stereocenters. The fourth-order valence-corrected chi connectivity index (χ4v) is 1.96. The van der Waals surface area contributed by atoms with E-state index in [0.29, 0.717) is 0 Å². The van der Waals surface area contributed by atoms with Crippen LogP contribution in [-0.2, 0) is 9.53 Å². The molecule has 0 radical (unpaired) electrons. The fraction of sp³-hybridized carbons (Fsp3) is 0.500. The monoisotopic (exact) mass is 266 g/mol. The molecular formula is C14H19FN2O2. The topological polar surface area (TPSA) is 50.4 Å². The third-order valence-electron chi connectivity index (χ3n) is 3.28. The van der Waals surface area contributed by atoms with Crippen LogP contribution in [0.4, 0.5) is 4.39 Å². The van der Waals surface area contributed by atoms with Crippen LogP contribution in [0.25, 0.3) is 0 Å². The molecule has 1 fully saturated rings. The van der Waals surface area contributed by atoms with E-state index >= 15 is 0 Å². The first-order valence-corrected chi connectivity index (χ1v) is 6.38. The SMILES string of the molecule is C[C@@H](NC(=O)COC1(C)CNC1)c1cccc(F)c1. The number of amides is 1. The molecule has 4 nitrogen and oxygen atoms in total. The van der Waals surface area contributed by atoms with Gasteiger partial charge in [-0.2, -0.15) is 0 Å². The summed E-state index contributed by atoms with van der Waals surface area (Å²) in [5.41, 5.74) is 0.504. The third-order valence-corrected chi connectivity index (χ3v) is 3.28. The minimum absolute atomic E-state index is 0.0256. The lowest BCUT2D eigenvalue weighted by molar-refractivity contribution is -0.136. The molecule has 1 aliphatic heterocycles. The van der Waals surface area contributed by atoms with E-state index in [0.717, 1.165) is 18.7 Å². The van der Waals surface area contributed by atoms with Crippen LogP contribution in [0.1, 0.15) is 25.5 Å². The Morgan fingerprint density at radius 3 is 2.89 bits per heavy atom. The maximum atomic E-state index is 13.1. The quantitative estimate of drug-likeness (QED) is 0.846. The van der Waals surface area contributed by atoms with E-state index in [2.05, 4.69) is 10.6 Å². The highest BCUT2D eigenvalue weighted by Crippen LogP contribution is 2.16. The van der Waals surface area contributed by atoms with E-state index in [4.69, 9.17) is 4.74 Å². The summed E-state index contributed by atoms with van der Waals surface area (Å²) < 4.78 is 18.6. The summed E-state index contributed by atoms with van der Waals surface area (Å²) in [4.78, 5) is 11.7. The predicted molar refractivity (Wildman–Crippen MR) is 70.2 cm³/mol. The lowest BCUT2D eigenvalue weighted by Gasteiger charge is -2.38. The van der Waals surface area contributed by atoms with Crippen LogP contribution >= 0.6 is 0 Å². The molecule has 1 aliphatic rings. The Kier molecular flexibility index (Phi) is 4.17. The molecule has 19 heavy (non-hydrogen) atoms. The summed E-state index contributed by atoms with van der Waals surface area (Å²) in [5, 5.41) is 5.89. The number of halogens is 1. The van der Waals surface area contributed by atoms with Crippen molar-refractivity contribution >= 4 is 5.91 Å². The van der Waals surface area contributed by atoms with Crippen molar-refractivity contribution in [2.45, 2.75) is 25.5 Å². The standard InChI is InChI=1S/C14H19FN2O2/c1-10(11-4-3-5-12(15)6-11)17-13(18)7-19-14(2)8-16-9-14/h3-6,10,16H,7-9H2,1-2H3,(H,17,18)/t10-/m1/s1. The molecule has 104 valence electrons. The summed E-state index contributed by atoms with van der Waals surface area (Å²) in [6.07, 6.45) is 0. The Balaban J connectivity index is 1.81. The van der Waals surface area contributed by atoms with Crippen molar-refractivity contribution < 1.29 is 13.9 Å². The number of ether oxygens (including phenoxy) is 1. The largest absolute Gasteiger partial charge is 0.363 e. The normalized spacial score (nSPS) is 18.5. The molecule has 1 saturated heterocycles.